The van der Waals surface area contributed by atoms with E-state index in [1.807, 2.05) is 19.1 Å². The zero-order valence-corrected chi connectivity index (χ0v) is 22.8. The highest BCUT2D eigenvalue weighted by molar-refractivity contribution is 7.92. The van der Waals surface area contributed by atoms with Gasteiger partial charge in [0.05, 0.1) is 22.5 Å². The van der Waals surface area contributed by atoms with E-state index < -0.39 is 51.2 Å². The second-order valence-electron chi connectivity index (χ2n) is 9.03. The van der Waals surface area contributed by atoms with Crippen LogP contribution in [0.1, 0.15) is 43.9 Å². The van der Waals surface area contributed by atoms with Crippen LogP contribution in [-0.2, 0) is 32.3 Å². The Morgan fingerprint density at radius 2 is 1.68 bits per heavy atom. The van der Waals surface area contributed by atoms with Crippen molar-refractivity contribution in [3.8, 4) is 0 Å². The van der Waals surface area contributed by atoms with Gasteiger partial charge in [-0.25, -0.2) is 8.42 Å². The van der Waals surface area contributed by atoms with Crippen LogP contribution >= 0.6 is 11.6 Å². The number of amides is 2. The van der Waals surface area contributed by atoms with Crippen LogP contribution in [0.5, 0.6) is 0 Å². The smallest absolute Gasteiger partial charge is 0.352 e. The molecule has 2 amide bonds. The van der Waals surface area contributed by atoms with E-state index in [4.69, 9.17) is 11.6 Å². The normalized spacial score (nSPS) is 12.8. The highest BCUT2D eigenvalue weighted by Crippen LogP contribution is 2.37. The number of nitrogens with zero attached hydrogens (tertiary/aromatic N) is 2. The molecule has 0 heterocycles. The van der Waals surface area contributed by atoms with Gasteiger partial charge in [0.2, 0.25) is 21.8 Å². The van der Waals surface area contributed by atoms with Crippen molar-refractivity contribution in [2.45, 2.75) is 58.9 Å². The molecule has 0 aliphatic rings. The SMILES string of the molecule is CC[C@H](C(=O)NC(C)C)N(Cc1ccc(C)cc1)C(=O)CN(c1ccc(Cl)c(C(F)(F)F)c1)S(C)(=O)=O. The summed E-state index contributed by atoms with van der Waals surface area (Å²) in [6, 6.07) is 8.70. The van der Waals surface area contributed by atoms with Crippen molar-refractivity contribution in [2.75, 3.05) is 17.1 Å². The van der Waals surface area contributed by atoms with E-state index in [0.717, 1.165) is 24.0 Å². The maximum absolute atomic E-state index is 13.6. The molecule has 2 rings (SSSR count). The maximum atomic E-state index is 13.6. The highest BCUT2D eigenvalue weighted by atomic mass is 35.5. The third-order valence-corrected chi connectivity index (χ3v) is 6.98. The predicted molar refractivity (Wildman–Crippen MR) is 138 cm³/mol. The Morgan fingerprint density at radius 3 is 2.16 bits per heavy atom. The molecule has 0 saturated heterocycles. The second kappa shape index (κ2) is 12.2. The molecule has 0 unspecified atom stereocenters. The Labute approximate surface area is 220 Å². The molecule has 1 N–H and O–H groups in total. The number of carbonyl (C=O) groups is 2. The van der Waals surface area contributed by atoms with Crippen LogP contribution in [-0.4, -0.2) is 50.0 Å². The van der Waals surface area contributed by atoms with E-state index in [2.05, 4.69) is 5.32 Å². The Hall–Kier alpha value is -2.79. The average molecular weight is 562 g/mol. The summed E-state index contributed by atoms with van der Waals surface area (Å²) in [6.45, 7) is 6.32. The van der Waals surface area contributed by atoms with E-state index in [1.165, 1.54) is 4.90 Å². The molecule has 1 atom stereocenters. The second-order valence-corrected chi connectivity index (χ2v) is 11.3. The number of halogens is 4. The topological polar surface area (TPSA) is 86.8 Å². The lowest BCUT2D eigenvalue weighted by molar-refractivity contribution is -0.140. The third kappa shape index (κ3) is 8.36. The number of alkyl halides is 3. The Morgan fingerprint density at radius 1 is 1.08 bits per heavy atom. The van der Waals surface area contributed by atoms with E-state index in [1.54, 1.807) is 32.9 Å². The lowest BCUT2D eigenvalue weighted by atomic mass is 10.1. The molecular formula is C25H31ClF3N3O4S. The molecule has 2 aromatic carbocycles. The molecule has 0 aliphatic heterocycles. The van der Waals surface area contributed by atoms with E-state index in [0.29, 0.717) is 15.9 Å². The van der Waals surface area contributed by atoms with E-state index in [9.17, 15) is 31.2 Å². The van der Waals surface area contributed by atoms with E-state index in [-0.39, 0.29) is 24.7 Å². The molecule has 7 nitrogen and oxygen atoms in total. The number of hydrogen-bond acceptors (Lipinski definition) is 4. The first-order valence-corrected chi connectivity index (χ1v) is 13.8. The Kier molecular flexibility index (Phi) is 10.0. The standard InChI is InChI=1S/C25H31ClF3N3O4S/c1-6-22(24(34)30-16(2)3)31(14-18-9-7-17(4)8-10-18)23(33)15-32(37(5,35)36)19-11-12-21(26)20(13-19)25(27,28)29/h7-13,16,22H,6,14-15H2,1-5H3,(H,30,34)/t22-/m1/s1. The van der Waals surface area contributed by atoms with Crippen LogP contribution in [0.4, 0.5) is 18.9 Å². The average Bonchev–Trinajstić information content (AvgIpc) is 2.77. The van der Waals surface area contributed by atoms with Crippen LogP contribution in [0.3, 0.4) is 0 Å². The molecule has 0 bridgehead atoms. The summed E-state index contributed by atoms with van der Waals surface area (Å²) in [4.78, 5) is 27.8. The summed E-state index contributed by atoms with van der Waals surface area (Å²) >= 11 is 5.69. The molecular weight excluding hydrogens is 531 g/mol. The third-order valence-electron chi connectivity index (χ3n) is 5.51. The van der Waals surface area contributed by atoms with Gasteiger partial charge in [-0.05, 0) is 51.0 Å². The summed E-state index contributed by atoms with van der Waals surface area (Å²) in [7, 11) is -4.20. The number of carbonyl (C=O) groups excluding carboxylic acids is 2. The first-order chi connectivity index (χ1) is 17.0. The van der Waals surface area contributed by atoms with Crippen molar-refractivity contribution < 1.29 is 31.2 Å². The summed E-state index contributed by atoms with van der Waals surface area (Å²) in [5, 5.41) is 2.16. The minimum absolute atomic E-state index is 0.00481. The minimum atomic E-state index is -4.83. The highest BCUT2D eigenvalue weighted by Gasteiger charge is 2.36. The number of rotatable bonds is 10. The molecule has 0 spiro atoms. The first-order valence-electron chi connectivity index (χ1n) is 11.5. The van der Waals surface area contributed by atoms with Gasteiger partial charge in [-0.15, -0.1) is 0 Å². The van der Waals surface area contributed by atoms with Crippen molar-refractivity contribution in [2.24, 2.45) is 0 Å². The van der Waals surface area contributed by atoms with Crippen LogP contribution in [0.2, 0.25) is 5.02 Å². The van der Waals surface area contributed by atoms with Gasteiger partial charge in [0.1, 0.15) is 12.6 Å². The van der Waals surface area contributed by atoms with Crippen LogP contribution in [0.25, 0.3) is 0 Å². The van der Waals surface area contributed by atoms with Crippen molar-refractivity contribution in [3.63, 3.8) is 0 Å². The largest absolute Gasteiger partial charge is 0.417 e. The fraction of sp³-hybridized carbons (Fsp3) is 0.440. The zero-order chi connectivity index (χ0) is 28.1. The Balaban J connectivity index is 2.52. The van der Waals surface area contributed by atoms with Crippen molar-refractivity contribution >= 4 is 39.1 Å². The molecule has 0 radical (unpaired) electrons. The molecule has 0 saturated carbocycles. The van der Waals surface area contributed by atoms with Gasteiger partial charge in [0.15, 0.2) is 0 Å². The van der Waals surface area contributed by atoms with Crippen molar-refractivity contribution in [1.82, 2.24) is 10.2 Å². The molecule has 12 heteroatoms. The van der Waals surface area contributed by atoms with Crippen LogP contribution < -0.4 is 9.62 Å². The van der Waals surface area contributed by atoms with Gasteiger partial charge in [0, 0.05) is 12.6 Å². The fourth-order valence-electron chi connectivity index (χ4n) is 3.69. The molecule has 2 aromatic rings. The number of hydrogen-bond donors (Lipinski definition) is 1. The molecule has 37 heavy (non-hydrogen) atoms. The van der Waals surface area contributed by atoms with Gasteiger partial charge in [0.25, 0.3) is 0 Å². The lowest BCUT2D eigenvalue weighted by Gasteiger charge is -2.33. The predicted octanol–water partition coefficient (Wildman–Crippen LogP) is 4.77. The molecule has 0 fully saturated rings. The summed E-state index contributed by atoms with van der Waals surface area (Å²) in [5.74, 6) is -1.17. The fourth-order valence-corrected chi connectivity index (χ4v) is 4.76. The van der Waals surface area contributed by atoms with Crippen LogP contribution in [0, 0.1) is 6.92 Å². The number of sulfonamides is 1. The van der Waals surface area contributed by atoms with Gasteiger partial charge in [-0.2, -0.15) is 13.2 Å². The summed E-state index contributed by atoms with van der Waals surface area (Å²) in [5.41, 5.74) is 0.0822. The lowest BCUT2D eigenvalue weighted by Crippen LogP contribution is -2.53. The van der Waals surface area contributed by atoms with Crippen LogP contribution in [0.15, 0.2) is 42.5 Å². The number of benzene rings is 2. The Bertz CT molecular complexity index is 1220. The molecule has 0 aromatic heterocycles. The monoisotopic (exact) mass is 561 g/mol. The molecule has 0 aliphatic carbocycles. The number of aryl methyl sites for hydroxylation is 1. The quantitative estimate of drug-likeness (QED) is 0.453. The minimum Gasteiger partial charge on any atom is -0.352 e. The first kappa shape index (κ1) is 30.4. The zero-order valence-electron chi connectivity index (χ0n) is 21.3. The van der Waals surface area contributed by atoms with Crippen molar-refractivity contribution in [3.05, 3.63) is 64.2 Å². The molecule has 204 valence electrons. The maximum Gasteiger partial charge on any atom is 0.417 e. The summed E-state index contributed by atoms with van der Waals surface area (Å²) < 4.78 is 66.1. The summed E-state index contributed by atoms with van der Waals surface area (Å²) in [6.07, 6.45) is -3.82. The number of anilines is 1. The van der Waals surface area contributed by atoms with Crippen molar-refractivity contribution in [1.29, 1.82) is 0 Å². The van der Waals surface area contributed by atoms with Gasteiger partial charge in [-0.3, -0.25) is 13.9 Å². The number of nitrogens with one attached hydrogen (secondary N) is 1. The van der Waals surface area contributed by atoms with Gasteiger partial charge >= 0.3 is 6.18 Å². The van der Waals surface area contributed by atoms with Gasteiger partial charge < -0.3 is 10.2 Å². The van der Waals surface area contributed by atoms with E-state index >= 15 is 0 Å². The van der Waals surface area contributed by atoms with Gasteiger partial charge in [-0.1, -0.05) is 48.4 Å².